The van der Waals surface area contributed by atoms with E-state index in [-0.39, 0.29) is 5.75 Å². The van der Waals surface area contributed by atoms with Crippen LogP contribution in [0.2, 0.25) is 0 Å². The minimum atomic E-state index is -3.09. The van der Waals surface area contributed by atoms with Crippen molar-refractivity contribution >= 4 is 15.5 Å². The largest absolute Gasteiger partial charge is 0.491 e. The lowest BCUT2D eigenvalue weighted by Gasteiger charge is -2.35. The molecule has 126 valence electrons. The van der Waals surface area contributed by atoms with Gasteiger partial charge >= 0.3 is 0 Å². The van der Waals surface area contributed by atoms with Crippen LogP contribution in [-0.2, 0) is 16.3 Å². The molecule has 0 aliphatic carbocycles. The minimum absolute atomic E-state index is 0.217. The Hall–Kier alpha value is -1.31. The zero-order chi connectivity index (χ0) is 16.0. The lowest BCUT2D eigenvalue weighted by Crippen LogP contribution is -2.44. The smallest absolute Gasteiger partial charge is 0.171 e. The number of sulfone groups is 1. The van der Waals surface area contributed by atoms with Gasteiger partial charge in [0.25, 0.3) is 0 Å². The van der Waals surface area contributed by atoms with E-state index in [0.29, 0.717) is 13.2 Å². The fourth-order valence-electron chi connectivity index (χ4n) is 3.65. The summed E-state index contributed by atoms with van der Waals surface area (Å²) in [7, 11) is -0.964. The van der Waals surface area contributed by atoms with E-state index in [1.807, 2.05) is 12.1 Å². The Balaban J connectivity index is 1.74. The van der Waals surface area contributed by atoms with Crippen molar-refractivity contribution in [3.05, 3.63) is 23.3 Å². The molecule has 0 radical (unpaired) electrons. The molecule has 0 aromatic heterocycles. The molecule has 1 N–H and O–H groups in total. The van der Waals surface area contributed by atoms with Gasteiger partial charge in [-0.05, 0) is 24.7 Å². The molecule has 0 amide bonds. The molecule has 2 saturated heterocycles. The van der Waals surface area contributed by atoms with Crippen molar-refractivity contribution in [2.24, 2.45) is 0 Å². The first-order valence-electron chi connectivity index (χ1n) is 8.23. The molecule has 3 aliphatic rings. The van der Waals surface area contributed by atoms with Crippen molar-refractivity contribution in [1.29, 1.82) is 0 Å². The molecular weight excluding hydrogens is 314 g/mol. The van der Waals surface area contributed by atoms with Gasteiger partial charge in [-0.3, -0.25) is 5.32 Å². The molecule has 7 heteroatoms. The first-order chi connectivity index (χ1) is 11.0. The number of benzene rings is 1. The SMILES string of the molecule is CN1CCN(c2cc(C3NCCS3(=O)=O)cc3c2OCC3)CC1. The van der Waals surface area contributed by atoms with Crippen molar-refractivity contribution < 1.29 is 13.2 Å². The van der Waals surface area contributed by atoms with Gasteiger partial charge in [-0.2, -0.15) is 0 Å². The maximum absolute atomic E-state index is 12.3. The second-order valence-corrected chi connectivity index (χ2v) is 8.82. The van der Waals surface area contributed by atoms with Crippen LogP contribution < -0.4 is 15.0 Å². The summed E-state index contributed by atoms with van der Waals surface area (Å²) in [4.78, 5) is 4.64. The molecule has 4 rings (SSSR count). The first kappa shape index (κ1) is 15.2. The predicted octanol–water partition coefficient (Wildman–Crippen LogP) is 0.390. The average molecular weight is 337 g/mol. The van der Waals surface area contributed by atoms with Crippen molar-refractivity contribution in [2.45, 2.75) is 11.8 Å². The fourth-order valence-corrected chi connectivity index (χ4v) is 5.21. The van der Waals surface area contributed by atoms with E-state index in [1.54, 1.807) is 0 Å². The summed E-state index contributed by atoms with van der Waals surface area (Å²) in [5.74, 6) is 1.17. The third-order valence-electron chi connectivity index (χ3n) is 5.01. The van der Waals surface area contributed by atoms with Crippen LogP contribution in [0.4, 0.5) is 5.69 Å². The Morgan fingerprint density at radius 2 is 2.00 bits per heavy atom. The predicted molar refractivity (Wildman–Crippen MR) is 89.9 cm³/mol. The summed E-state index contributed by atoms with van der Waals surface area (Å²) in [5.41, 5.74) is 3.06. The molecule has 2 fully saturated rings. The lowest BCUT2D eigenvalue weighted by atomic mass is 10.1. The number of fused-ring (bicyclic) bond motifs is 1. The van der Waals surface area contributed by atoms with Crippen molar-refractivity contribution in [3.8, 4) is 5.75 Å². The van der Waals surface area contributed by atoms with E-state index < -0.39 is 15.2 Å². The molecule has 1 unspecified atom stereocenters. The third kappa shape index (κ3) is 2.70. The first-order valence-corrected chi connectivity index (χ1v) is 9.94. The van der Waals surface area contributed by atoms with Crippen LogP contribution in [0.1, 0.15) is 16.5 Å². The van der Waals surface area contributed by atoms with E-state index in [1.165, 1.54) is 0 Å². The number of hydrogen-bond donors (Lipinski definition) is 1. The summed E-state index contributed by atoms with van der Waals surface area (Å²) in [6.45, 7) is 5.13. The lowest BCUT2D eigenvalue weighted by molar-refractivity contribution is 0.309. The Kier molecular flexibility index (Phi) is 3.74. The summed E-state index contributed by atoms with van der Waals surface area (Å²) in [6.07, 6.45) is 0.858. The highest BCUT2D eigenvalue weighted by molar-refractivity contribution is 7.91. The molecular formula is C16H23N3O3S. The quantitative estimate of drug-likeness (QED) is 0.842. The van der Waals surface area contributed by atoms with E-state index in [4.69, 9.17) is 4.74 Å². The Bertz CT molecular complexity index is 712. The summed E-state index contributed by atoms with van der Waals surface area (Å²) < 4.78 is 30.4. The van der Waals surface area contributed by atoms with Gasteiger partial charge in [0.05, 0.1) is 18.0 Å². The summed E-state index contributed by atoms with van der Waals surface area (Å²) >= 11 is 0. The van der Waals surface area contributed by atoms with Gasteiger partial charge in [0, 0.05) is 44.7 Å². The van der Waals surface area contributed by atoms with E-state index >= 15 is 0 Å². The van der Waals surface area contributed by atoms with Gasteiger partial charge in [0.15, 0.2) is 9.84 Å². The van der Waals surface area contributed by atoms with Crippen LogP contribution in [0.3, 0.4) is 0 Å². The molecule has 0 bridgehead atoms. The second-order valence-electron chi connectivity index (χ2n) is 6.62. The molecule has 1 aromatic rings. The fraction of sp³-hybridized carbons (Fsp3) is 0.625. The third-order valence-corrected chi connectivity index (χ3v) is 6.94. The molecule has 3 heterocycles. The van der Waals surface area contributed by atoms with Gasteiger partial charge in [-0.15, -0.1) is 0 Å². The van der Waals surface area contributed by atoms with Crippen LogP contribution in [0, 0.1) is 0 Å². The number of nitrogens with one attached hydrogen (secondary N) is 1. The highest BCUT2D eigenvalue weighted by Crippen LogP contribution is 2.40. The molecule has 1 aromatic carbocycles. The standard InChI is InChI=1S/C16H23N3O3S/c1-18-4-6-19(7-5-18)14-11-13(10-12-2-8-22-15(12)14)16-17-3-9-23(16,20)21/h10-11,16-17H,2-9H2,1H3. The van der Waals surface area contributed by atoms with Gasteiger partial charge in [0.1, 0.15) is 11.1 Å². The van der Waals surface area contributed by atoms with Gasteiger partial charge in [-0.1, -0.05) is 0 Å². The van der Waals surface area contributed by atoms with Crippen molar-refractivity contribution in [2.75, 3.05) is 57.0 Å². The molecule has 0 saturated carbocycles. The maximum atomic E-state index is 12.3. The van der Waals surface area contributed by atoms with Gasteiger partial charge in [-0.25, -0.2) is 8.42 Å². The second kappa shape index (κ2) is 5.65. The van der Waals surface area contributed by atoms with E-state index in [2.05, 4.69) is 22.2 Å². The highest BCUT2D eigenvalue weighted by atomic mass is 32.2. The highest BCUT2D eigenvalue weighted by Gasteiger charge is 2.34. The zero-order valence-electron chi connectivity index (χ0n) is 13.4. The zero-order valence-corrected chi connectivity index (χ0v) is 14.2. The topological polar surface area (TPSA) is 61.9 Å². The maximum Gasteiger partial charge on any atom is 0.171 e. The number of likely N-dealkylation sites (N-methyl/N-ethyl adjacent to an activating group) is 1. The van der Waals surface area contributed by atoms with E-state index in [0.717, 1.165) is 55.2 Å². The molecule has 6 nitrogen and oxygen atoms in total. The van der Waals surface area contributed by atoms with Crippen LogP contribution in [0.5, 0.6) is 5.75 Å². The number of ether oxygens (including phenoxy) is 1. The number of rotatable bonds is 2. The molecule has 23 heavy (non-hydrogen) atoms. The number of anilines is 1. The monoisotopic (exact) mass is 337 g/mol. The van der Waals surface area contributed by atoms with Crippen molar-refractivity contribution in [3.63, 3.8) is 0 Å². The summed E-state index contributed by atoms with van der Waals surface area (Å²) in [5, 5.41) is 2.57. The molecule has 0 spiro atoms. The Labute approximate surface area is 137 Å². The minimum Gasteiger partial charge on any atom is -0.491 e. The Morgan fingerprint density at radius 3 is 2.70 bits per heavy atom. The van der Waals surface area contributed by atoms with Crippen LogP contribution in [0.15, 0.2) is 12.1 Å². The van der Waals surface area contributed by atoms with Gasteiger partial charge in [0.2, 0.25) is 0 Å². The number of nitrogens with zero attached hydrogens (tertiary/aromatic N) is 2. The van der Waals surface area contributed by atoms with Crippen LogP contribution in [-0.4, -0.2) is 65.4 Å². The summed E-state index contributed by atoms with van der Waals surface area (Å²) in [6, 6.07) is 4.04. The average Bonchev–Trinajstić information content (AvgIpc) is 3.12. The van der Waals surface area contributed by atoms with E-state index in [9.17, 15) is 8.42 Å². The molecule has 3 aliphatic heterocycles. The van der Waals surface area contributed by atoms with Gasteiger partial charge < -0.3 is 14.5 Å². The van der Waals surface area contributed by atoms with Crippen LogP contribution >= 0.6 is 0 Å². The van der Waals surface area contributed by atoms with Crippen LogP contribution in [0.25, 0.3) is 0 Å². The van der Waals surface area contributed by atoms with Crippen molar-refractivity contribution in [1.82, 2.24) is 10.2 Å². The number of hydrogen-bond acceptors (Lipinski definition) is 6. The number of piperazine rings is 1. The molecule has 1 atom stereocenters. The Morgan fingerprint density at radius 1 is 1.22 bits per heavy atom. The normalized spacial score (nSPS) is 27.0.